The molecule has 1 unspecified atom stereocenters. The standard InChI is InChI=1S/C24H33N3O4/c1-15-16(2)21(29-3)10-9-17(15)12-27-13-18-7-6-8-19(14-27)24(18,28)20-11-25-23(31-5)26-22(20)30-4/h9-11,18-19,28H,6-8,12-14H2,1-5H3/t18-,19+,24?. The van der Waals surface area contributed by atoms with Crippen LogP contribution in [-0.4, -0.2) is 54.4 Å². The second-order valence-electron chi connectivity index (χ2n) is 8.80. The molecule has 7 nitrogen and oxygen atoms in total. The molecular formula is C24H33N3O4. The molecule has 2 aromatic rings. The van der Waals surface area contributed by atoms with Gasteiger partial charge in [-0.05, 0) is 49.4 Å². The third-order valence-corrected chi connectivity index (χ3v) is 7.31. The lowest BCUT2D eigenvalue weighted by atomic mass is 9.63. The largest absolute Gasteiger partial charge is 0.496 e. The summed E-state index contributed by atoms with van der Waals surface area (Å²) in [7, 11) is 4.82. The van der Waals surface area contributed by atoms with Crippen molar-refractivity contribution in [2.45, 2.75) is 45.3 Å². The second kappa shape index (κ2) is 8.63. The Morgan fingerprint density at radius 2 is 1.74 bits per heavy atom. The molecule has 4 rings (SSSR count). The van der Waals surface area contributed by atoms with Crippen LogP contribution in [0.5, 0.6) is 17.6 Å². The van der Waals surface area contributed by atoms with Crippen LogP contribution in [-0.2, 0) is 12.1 Å². The number of fused-ring (bicyclic) bond motifs is 2. The first-order chi connectivity index (χ1) is 14.9. The first-order valence-electron chi connectivity index (χ1n) is 11.0. The molecule has 1 aromatic heterocycles. The average Bonchev–Trinajstić information content (AvgIpc) is 2.77. The fourth-order valence-corrected chi connectivity index (χ4v) is 5.48. The molecule has 2 heterocycles. The van der Waals surface area contributed by atoms with Crippen molar-refractivity contribution in [2.24, 2.45) is 11.8 Å². The molecule has 1 aliphatic heterocycles. The molecule has 1 saturated carbocycles. The van der Waals surface area contributed by atoms with E-state index in [2.05, 4.69) is 40.8 Å². The number of aromatic nitrogens is 2. The summed E-state index contributed by atoms with van der Waals surface area (Å²) in [6.07, 6.45) is 4.76. The van der Waals surface area contributed by atoms with Gasteiger partial charge in [-0.15, -0.1) is 0 Å². The molecular weight excluding hydrogens is 394 g/mol. The molecule has 1 aliphatic carbocycles. The zero-order chi connectivity index (χ0) is 22.2. The Labute approximate surface area is 184 Å². The molecule has 2 fully saturated rings. The first kappa shape index (κ1) is 21.8. The van der Waals surface area contributed by atoms with Gasteiger partial charge in [-0.25, -0.2) is 4.98 Å². The molecule has 3 atom stereocenters. The smallest absolute Gasteiger partial charge is 0.319 e. The topological polar surface area (TPSA) is 76.9 Å². The minimum atomic E-state index is -0.989. The van der Waals surface area contributed by atoms with Crippen molar-refractivity contribution in [3.63, 3.8) is 0 Å². The first-order valence-corrected chi connectivity index (χ1v) is 11.0. The highest BCUT2D eigenvalue weighted by molar-refractivity contribution is 5.43. The van der Waals surface area contributed by atoms with Crippen LogP contribution in [0, 0.1) is 25.7 Å². The molecule has 1 N–H and O–H groups in total. The van der Waals surface area contributed by atoms with Crippen LogP contribution >= 0.6 is 0 Å². The van der Waals surface area contributed by atoms with Crippen LogP contribution in [0.4, 0.5) is 0 Å². The molecule has 0 spiro atoms. The quantitative estimate of drug-likeness (QED) is 0.758. The van der Waals surface area contributed by atoms with E-state index in [-0.39, 0.29) is 17.8 Å². The van der Waals surface area contributed by atoms with Gasteiger partial charge in [0.2, 0.25) is 5.88 Å². The second-order valence-corrected chi connectivity index (χ2v) is 8.80. The lowest BCUT2D eigenvalue weighted by molar-refractivity contribution is -0.149. The molecule has 1 aromatic carbocycles. The lowest BCUT2D eigenvalue weighted by Crippen LogP contribution is -2.58. The van der Waals surface area contributed by atoms with Crippen molar-refractivity contribution in [3.05, 3.63) is 40.6 Å². The summed E-state index contributed by atoms with van der Waals surface area (Å²) >= 11 is 0. The summed E-state index contributed by atoms with van der Waals surface area (Å²) < 4.78 is 16.1. The van der Waals surface area contributed by atoms with Crippen molar-refractivity contribution < 1.29 is 19.3 Å². The molecule has 31 heavy (non-hydrogen) atoms. The summed E-state index contributed by atoms with van der Waals surface area (Å²) in [5, 5.41) is 12.0. The fourth-order valence-electron chi connectivity index (χ4n) is 5.48. The van der Waals surface area contributed by atoms with Crippen molar-refractivity contribution in [1.82, 2.24) is 14.9 Å². The van der Waals surface area contributed by atoms with Gasteiger partial charge < -0.3 is 19.3 Å². The minimum Gasteiger partial charge on any atom is -0.496 e. The predicted molar refractivity (Wildman–Crippen MR) is 118 cm³/mol. The zero-order valence-corrected chi connectivity index (χ0v) is 19.1. The summed E-state index contributed by atoms with van der Waals surface area (Å²) in [6, 6.07) is 4.47. The summed E-state index contributed by atoms with van der Waals surface area (Å²) in [5.41, 5.74) is 3.47. The molecule has 7 heteroatoms. The molecule has 2 bridgehead atoms. The van der Waals surface area contributed by atoms with Crippen molar-refractivity contribution in [2.75, 3.05) is 34.4 Å². The van der Waals surface area contributed by atoms with E-state index in [1.807, 2.05) is 0 Å². The van der Waals surface area contributed by atoms with Gasteiger partial charge >= 0.3 is 6.01 Å². The van der Waals surface area contributed by atoms with Gasteiger partial charge in [-0.2, -0.15) is 4.98 Å². The van der Waals surface area contributed by atoms with E-state index < -0.39 is 5.60 Å². The Kier molecular flexibility index (Phi) is 6.08. The molecule has 0 amide bonds. The number of nitrogens with zero attached hydrogens (tertiary/aromatic N) is 3. The monoisotopic (exact) mass is 427 g/mol. The Morgan fingerprint density at radius 1 is 1.03 bits per heavy atom. The number of hydrogen-bond donors (Lipinski definition) is 1. The van der Waals surface area contributed by atoms with Gasteiger partial charge in [0.05, 0.1) is 26.9 Å². The number of rotatable bonds is 6. The Hall–Kier alpha value is -2.38. The van der Waals surface area contributed by atoms with Gasteiger partial charge in [0.1, 0.15) is 11.4 Å². The normalized spacial score (nSPS) is 25.9. The molecule has 0 radical (unpaired) electrons. The third-order valence-electron chi connectivity index (χ3n) is 7.31. The lowest BCUT2D eigenvalue weighted by Gasteiger charge is -2.53. The van der Waals surface area contributed by atoms with Crippen LogP contribution in [0.3, 0.4) is 0 Å². The summed E-state index contributed by atoms with van der Waals surface area (Å²) in [6.45, 7) is 6.79. The highest BCUT2D eigenvalue weighted by atomic mass is 16.5. The number of ether oxygens (including phenoxy) is 3. The Balaban J connectivity index is 1.61. The SMILES string of the molecule is COc1ncc(C2(O)[C@@H]3CCC[C@H]2CN(Cc2ccc(OC)c(C)c2C)C3)c(OC)n1. The number of likely N-dealkylation sites (tertiary alicyclic amines) is 1. The molecule has 2 aliphatic rings. The van der Waals surface area contributed by atoms with E-state index >= 15 is 0 Å². The van der Waals surface area contributed by atoms with Crippen LogP contribution in [0.15, 0.2) is 18.3 Å². The zero-order valence-electron chi connectivity index (χ0n) is 19.1. The fraction of sp³-hybridized carbons (Fsp3) is 0.583. The summed E-state index contributed by atoms with van der Waals surface area (Å²) in [4.78, 5) is 11.1. The van der Waals surface area contributed by atoms with Crippen molar-refractivity contribution in [3.8, 4) is 17.6 Å². The highest BCUT2D eigenvalue weighted by Crippen LogP contribution is 2.51. The van der Waals surface area contributed by atoms with Gasteiger partial charge in [-0.1, -0.05) is 12.5 Å². The molecule has 1 saturated heterocycles. The van der Waals surface area contributed by atoms with Gasteiger partial charge in [0, 0.05) is 37.7 Å². The van der Waals surface area contributed by atoms with E-state index in [4.69, 9.17) is 14.2 Å². The number of aliphatic hydroxyl groups is 1. The van der Waals surface area contributed by atoms with E-state index in [0.717, 1.165) is 44.6 Å². The number of benzene rings is 1. The summed E-state index contributed by atoms with van der Waals surface area (Å²) in [5.74, 6) is 1.54. The predicted octanol–water partition coefficient (Wildman–Crippen LogP) is 3.24. The highest BCUT2D eigenvalue weighted by Gasteiger charge is 2.53. The van der Waals surface area contributed by atoms with Crippen molar-refractivity contribution in [1.29, 1.82) is 0 Å². The maximum absolute atomic E-state index is 12.0. The Morgan fingerprint density at radius 3 is 2.35 bits per heavy atom. The maximum Gasteiger partial charge on any atom is 0.319 e. The Bertz CT molecular complexity index is 935. The van der Waals surface area contributed by atoms with Crippen LogP contribution in [0.25, 0.3) is 0 Å². The van der Waals surface area contributed by atoms with E-state index in [1.165, 1.54) is 23.8 Å². The maximum atomic E-state index is 12.0. The van der Waals surface area contributed by atoms with E-state index in [9.17, 15) is 5.11 Å². The van der Waals surface area contributed by atoms with Gasteiger partial charge in [-0.3, -0.25) is 4.90 Å². The van der Waals surface area contributed by atoms with Gasteiger partial charge in [0.25, 0.3) is 0 Å². The average molecular weight is 428 g/mol. The number of methoxy groups -OCH3 is 3. The third kappa shape index (κ3) is 3.74. The van der Waals surface area contributed by atoms with Gasteiger partial charge in [0.15, 0.2) is 0 Å². The number of piperidine rings is 1. The van der Waals surface area contributed by atoms with Crippen LogP contribution < -0.4 is 14.2 Å². The van der Waals surface area contributed by atoms with Crippen LogP contribution in [0.2, 0.25) is 0 Å². The van der Waals surface area contributed by atoms with E-state index in [1.54, 1.807) is 20.4 Å². The van der Waals surface area contributed by atoms with E-state index in [0.29, 0.717) is 11.4 Å². The minimum absolute atomic E-state index is 0.102. The van der Waals surface area contributed by atoms with Crippen molar-refractivity contribution >= 4 is 0 Å². The van der Waals surface area contributed by atoms with Crippen LogP contribution in [0.1, 0.15) is 41.5 Å². The number of hydrogen-bond acceptors (Lipinski definition) is 7. The molecule has 168 valence electrons.